The van der Waals surface area contributed by atoms with Crippen LogP contribution in [0.4, 0.5) is 0 Å². The van der Waals surface area contributed by atoms with Gasteiger partial charge in [-0.2, -0.15) is 0 Å². The van der Waals surface area contributed by atoms with Gasteiger partial charge in [0.05, 0.1) is 12.8 Å². The number of hydrogen-bond donors (Lipinski definition) is 1. The second kappa shape index (κ2) is 5.47. The predicted molar refractivity (Wildman–Crippen MR) is 52.5 cm³/mol. The van der Waals surface area contributed by atoms with Crippen LogP contribution in [0.2, 0.25) is 0 Å². The van der Waals surface area contributed by atoms with Crippen molar-refractivity contribution in [1.82, 2.24) is 0 Å². The van der Waals surface area contributed by atoms with Crippen molar-refractivity contribution in [2.75, 3.05) is 7.11 Å². The Balaban J connectivity index is 4.15. The number of hydrogen-bond acceptors (Lipinski definition) is 2. The zero-order valence-corrected chi connectivity index (χ0v) is 7.89. The smallest absolute Gasteiger partial charge is 0.134 e. The summed E-state index contributed by atoms with van der Waals surface area (Å²) in [7, 11) is 1.55. The van der Waals surface area contributed by atoms with Crippen molar-refractivity contribution < 1.29 is 4.74 Å². The van der Waals surface area contributed by atoms with E-state index in [2.05, 4.69) is 20.1 Å². The predicted octanol–water partition coefficient (Wildman–Crippen LogP) is 2.35. The van der Waals surface area contributed by atoms with Crippen molar-refractivity contribution in [3.8, 4) is 0 Å². The van der Waals surface area contributed by atoms with E-state index in [1.54, 1.807) is 13.2 Å². The average Bonchev–Trinajstić information content (AvgIpc) is 2.03. The van der Waals surface area contributed by atoms with Gasteiger partial charge in [0.2, 0.25) is 0 Å². The number of nitrogens with two attached hydrogens (primary N) is 1. The number of allylic oxidation sites excluding steroid dienone is 2. The molecule has 2 heteroatoms. The lowest BCUT2D eigenvalue weighted by Gasteiger charge is -2.04. The average molecular weight is 167 g/mol. The second-order valence-electron chi connectivity index (χ2n) is 2.64. The molecule has 0 unspecified atom stereocenters. The second-order valence-corrected chi connectivity index (χ2v) is 2.64. The maximum Gasteiger partial charge on any atom is 0.134 e. The Hall–Kier alpha value is -1.18. The third-order valence-electron chi connectivity index (χ3n) is 1.50. The third kappa shape index (κ3) is 3.86. The van der Waals surface area contributed by atoms with Crippen molar-refractivity contribution in [2.45, 2.75) is 19.8 Å². The molecule has 2 N–H and O–H groups in total. The van der Waals surface area contributed by atoms with Gasteiger partial charge in [-0.25, -0.2) is 0 Å². The van der Waals surface area contributed by atoms with Crippen LogP contribution >= 0.6 is 0 Å². The van der Waals surface area contributed by atoms with E-state index in [1.165, 1.54) is 0 Å². The first-order chi connectivity index (χ1) is 5.61. The SMILES string of the molecule is C=C(/C=C(/N)C(=C)OC)CCC. The first kappa shape index (κ1) is 10.8. The highest BCUT2D eigenvalue weighted by Crippen LogP contribution is 2.08. The van der Waals surface area contributed by atoms with Gasteiger partial charge in [0.1, 0.15) is 5.76 Å². The van der Waals surface area contributed by atoms with Gasteiger partial charge in [0.25, 0.3) is 0 Å². The van der Waals surface area contributed by atoms with Gasteiger partial charge in [-0.1, -0.05) is 32.1 Å². The fourth-order valence-electron chi connectivity index (χ4n) is 0.812. The molecule has 0 rings (SSSR count). The molecular weight excluding hydrogens is 150 g/mol. The molecule has 0 atom stereocenters. The highest BCUT2D eigenvalue weighted by atomic mass is 16.5. The minimum Gasteiger partial charge on any atom is -0.495 e. The summed E-state index contributed by atoms with van der Waals surface area (Å²) < 4.78 is 4.86. The molecular formula is C10H17NO. The Morgan fingerprint density at radius 3 is 2.50 bits per heavy atom. The fourth-order valence-corrected chi connectivity index (χ4v) is 0.812. The third-order valence-corrected chi connectivity index (χ3v) is 1.50. The molecule has 0 heterocycles. The van der Waals surface area contributed by atoms with Crippen LogP contribution in [0.25, 0.3) is 0 Å². The zero-order valence-electron chi connectivity index (χ0n) is 7.89. The summed E-state index contributed by atoms with van der Waals surface area (Å²) in [5, 5.41) is 0. The lowest BCUT2D eigenvalue weighted by Crippen LogP contribution is -2.02. The summed E-state index contributed by atoms with van der Waals surface area (Å²) in [4.78, 5) is 0. The van der Waals surface area contributed by atoms with Crippen molar-refractivity contribution >= 4 is 0 Å². The van der Waals surface area contributed by atoms with Gasteiger partial charge in [0.15, 0.2) is 0 Å². The first-order valence-corrected chi connectivity index (χ1v) is 4.00. The Bertz CT molecular complexity index is 204. The summed E-state index contributed by atoms with van der Waals surface area (Å²) >= 11 is 0. The van der Waals surface area contributed by atoms with Gasteiger partial charge in [-0.15, -0.1) is 0 Å². The summed E-state index contributed by atoms with van der Waals surface area (Å²) in [5.41, 5.74) is 7.19. The molecule has 0 spiro atoms. The van der Waals surface area contributed by atoms with E-state index >= 15 is 0 Å². The maximum absolute atomic E-state index is 5.63. The number of methoxy groups -OCH3 is 1. The molecule has 0 amide bonds. The van der Waals surface area contributed by atoms with Crippen molar-refractivity contribution in [1.29, 1.82) is 0 Å². The molecule has 0 bridgehead atoms. The molecule has 0 aromatic rings. The quantitative estimate of drug-likeness (QED) is 0.504. The van der Waals surface area contributed by atoms with E-state index in [4.69, 9.17) is 10.5 Å². The molecule has 0 aliphatic carbocycles. The van der Waals surface area contributed by atoms with Gasteiger partial charge in [-0.3, -0.25) is 0 Å². The topological polar surface area (TPSA) is 35.2 Å². The highest BCUT2D eigenvalue weighted by molar-refractivity contribution is 5.28. The van der Waals surface area contributed by atoms with E-state index in [0.717, 1.165) is 18.4 Å². The molecule has 0 fully saturated rings. The van der Waals surface area contributed by atoms with Crippen LogP contribution in [0.3, 0.4) is 0 Å². The van der Waals surface area contributed by atoms with E-state index in [9.17, 15) is 0 Å². The summed E-state index contributed by atoms with van der Waals surface area (Å²) in [6.45, 7) is 9.58. The molecule has 0 aliphatic rings. The molecule has 0 aromatic carbocycles. The van der Waals surface area contributed by atoms with Crippen LogP contribution in [0.1, 0.15) is 19.8 Å². The highest BCUT2D eigenvalue weighted by Gasteiger charge is 1.96. The molecule has 0 saturated carbocycles. The molecule has 2 nitrogen and oxygen atoms in total. The van der Waals surface area contributed by atoms with Crippen molar-refractivity contribution in [3.63, 3.8) is 0 Å². The van der Waals surface area contributed by atoms with E-state index in [-0.39, 0.29) is 0 Å². The minimum atomic E-state index is 0.493. The van der Waals surface area contributed by atoms with Crippen molar-refractivity contribution in [3.05, 3.63) is 36.3 Å². The molecule has 0 aliphatic heterocycles. The zero-order chi connectivity index (χ0) is 9.56. The van der Waals surface area contributed by atoms with Crippen LogP contribution in [0.15, 0.2) is 36.3 Å². The Kier molecular flexibility index (Phi) is 4.93. The molecule has 12 heavy (non-hydrogen) atoms. The number of ether oxygens (including phenoxy) is 1. The summed E-state index contributed by atoms with van der Waals surface area (Å²) in [6, 6.07) is 0. The van der Waals surface area contributed by atoms with Crippen LogP contribution in [0, 0.1) is 0 Å². The summed E-state index contributed by atoms with van der Waals surface area (Å²) in [5.74, 6) is 0.493. The normalized spacial score (nSPS) is 11.0. The largest absolute Gasteiger partial charge is 0.495 e. The van der Waals surface area contributed by atoms with Gasteiger partial charge in [0, 0.05) is 0 Å². The fraction of sp³-hybridized carbons (Fsp3) is 0.400. The van der Waals surface area contributed by atoms with E-state index in [1.807, 2.05) is 0 Å². The Morgan fingerprint density at radius 1 is 1.50 bits per heavy atom. The van der Waals surface area contributed by atoms with Crippen LogP contribution in [-0.2, 0) is 4.74 Å². The molecule has 68 valence electrons. The molecule has 0 radical (unpaired) electrons. The lowest BCUT2D eigenvalue weighted by atomic mass is 10.1. The van der Waals surface area contributed by atoms with Crippen molar-refractivity contribution in [2.24, 2.45) is 5.73 Å². The van der Waals surface area contributed by atoms with E-state index in [0.29, 0.717) is 11.5 Å². The number of rotatable bonds is 5. The molecule has 0 aromatic heterocycles. The summed E-state index contributed by atoms with van der Waals surface area (Å²) in [6.07, 6.45) is 3.83. The van der Waals surface area contributed by atoms with Gasteiger partial charge in [-0.05, 0) is 12.5 Å². The first-order valence-electron chi connectivity index (χ1n) is 4.00. The van der Waals surface area contributed by atoms with Gasteiger partial charge < -0.3 is 10.5 Å². The van der Waals surface area contributed by atoms with Crippen LogP contribution < -0.4 is 5.73 Å². The monoisotopic (exact) mass is 167 g/mol. The Morgan fingerprint density at radius 2 is 2.08 bits per heavy atom. The standard InChI is InChI=1S/C10H17NO/c1-5-6-8(2)7-10(11)9(3)12-4/h7H,2-3,5-6,11H2,1,4H3/b10-7+. The van der Waals surface area contributed by atoms with Crippen LogP contribution in [-0.4, -0.2) is 7.11 Å². The van der Waals surface area contributed by atoms with Gasteiger partial charge >= 0.3 is 0 Å². The Labute approximate surface area is 74.4 Å². The minimum absolute atomic E-state index is 0.493. The van der Waals surface area contributed by atoms with Crippen LogP contribution in [0.5, 0.6) is 0 Å². The maximum atomic E-state index is 5.63. The lowest BCUT2D eigenvalue weighted by molar-refractivity contribution is 0.302. The van der Waals surface area contributed by atoms with E-state index < -0.39 is 0 Å². The molecule has 0 saturated heterocycles.